The maximum Gasteiger partial charge on any atom is 0.335 e. The number of hydrogen-bond acceptors (Lipinski definition) is 5. The van der Waals surface area contributed by atoms with Gasteiger partial charge < -0.3 is 14.7 Å². The number of amides is 1. The smallest absolute Gasteiger partial charge is 0.335 e. The van der Waals surface area contributed by atoms with Crippen molar-refractivity contribution in [3.05, 3.63) is 102 Å². The summed E-state index contributed by atoms with van der Waals surface area (Å²) in [5, 5.41) is 9.96. The van der Waals surface area contributed by atoms with Crippen LogP contribution in [0.25, 0.3) is 10.9 Å². The number of para-hydroxylation sites is 1. The van der Waals surface area contributed by atoms with Crippen molar-refractivity contribution in [2.45, 2.75) is 11.4 Å². The fourth-order valence-corrected chi connectivity index (χ4v) is 5.38. The molecule has 0 bridgehead atoms. The standard InChI is InChI=1S/C28H26N4O4S/c33-27(32-17-15-31(16-18-32)19-20-6-8-23(9-7-20)28(34)35)22-10-12-24(13-11-22)30-37(36)25-5-1-3-21-4-2-14-29-26(21)25/h1-14,30H,15-19H2,(H,34,35). The number of piperazine rings is 1. The molecular formula is C28H26N4O4S. The molecule has 0 aliphatic carbocycles. The molecule has 1 atom stereocenters. The molecule has 3 aromatic carbocycles. The van der Waals surface area contributed by atoms with Crippen LogP contribution in [-0.4, -0.2) is 62.2 Å². The zero-order valence-electron chi connectivity index (χ0n) is 20.0. The molecule has 8 nitrogen and oxygen atoms in total. The molecule has 1 aromatic heterocycles. The number of carbonyl (C=O) groups excluding carboxylic acids is 1. The van der Waals surface area contributed by atoms with E-state index in [9.17, 15) is 13.8 Å². The first-order valence-corrected chi connectivity index (χ1v) is 13.1. The molecule has 5 rings (SSSR count). The molecule has 9 heteroatoms. The molecule has 4 aromatic rings. The monoisotopic (exact) mass is 514 g/mol. The van der Waals surface area contributed by atoms with Crippen molar-refractivity contribution in [3.63, 3.8) is 0 Å². The van der Waals surface area contributed by atoms with Crippen molar-refractivity contribution in [1.29, 1.82) is 0 Å². The fraction of sp³-hybridized carbons (Fsp3) is 0.179. The van der Waals surface area contributed by atoms with Gasteiger partial charge in [0, 0.05) is 55.6 Å². The average Bonchev–Trinajstić information content (AvgIpc) is 2.93. The third-order valence-electron chi connectivity index (χ3n) is 6.40. The first-order chi connectivity index (χ1) is 18.0. The topological polar surface area (TPSA) is 103 Å². The number of carboxylic acid groups (broad SMARTS) is 1. The van der Waals surface area contributed by atoms with Crippen molar-refractivity contribution in [2.75, 3.05) is 30.9 Å². The van der Waals surface area contributed by atoms with Crippen LogP contribution in [0.5, 0.6) is 0 Å². The highest BCUT2D eigenvalue weighted by Gasteiger charge is 2.22. The number of hydrogen-bond donors (Lipinski definition) is 2. The van der Waals surface area contributed by atoms with Crippen LogP contribution >= 0.6 is 0 Å². The van der Waals surface area contributed by atoms with Gasteiger partial charge in [-0.2, -0.15) is 0 Å². The molecular weight excluding hydrogens is 488 g/mol. The summed E-state index contributed by atoms with van der Waals surface area (Å²) in [6, 6.07) is 23.3. The Labute approximate surface area is 217 Å². The number of nitrogens with zero attached hydrogens (tertiary/aromatic N) is 3. The van der Waals surface area contributed by atoms with E-state index >= 15 is 0 Å². The van der Waals surface area contributed by atoms with Gasteiger partial charge in [0.05, 0.1) is 16.0 Å². The summed E-state index contributed by atoms with van der Waals surface area (Å²) >= 11 is 0. The zero-order chi connectivity index (χ0) is 25.8. The maximum absolute atomic E-state index is 13.0. The largest absolute Gasteiger partial charge is 0.478 e. The highest BCUT2D eigenvalue weighted by molar-refractivity contribution is 7.86. The van der Waals surface area contributed by atoms with Gasteiger partial charge in [0.15, 0.2) is 11.0 Å². The molecule has 1 aliphatic heterocycles. The molecule has 1 fully saturated rings. The van der Waals surface area contributed by atoms with Crippen LogP contribution in [0.4, 0.5) is 5.69 Å². The Morgan fingerprint density at radius 1 is 0.865 bits per heavy atom. The minimum Gasteiger partial charge on any atom is -0.478 e. The minimum absolute atomic E-state index is 0.0311. The van der Waals surface area contributed by atoms with Gasteiger partial charge in [-0.3, -0.25) is 14.7 Å². The Kier molecular flexibility index (Phi) is 7.25. The van der Waals surface area contributed by atoms with E-state index < -0.39 is 17.0 Å². The Balaban J connectivity index is 1.16. The van der Waals surface area contributed by atoms with Crippen LogP contribution in [0, 0.1) is 0 Å². The van der Waals surface area contributed by atoms with E-state index in [4.69, 9.17) is 5.11 Å². The third kappa shape index (κ3) is 5.68. The normalized spacial score (nSPS) is 14.9. The van der Waals surface area contributed by atoms with E-state index in [1.54, 1.807) is 48.7 Å². The predicted molar refractivity (Wildman–Crippen MR) is 143 cm³/mol. The number of benzene rings is 3. The molecule has 2 heterocycles. The zero-order valence-corrected chi connectivity index (χ0v) is 20.9. The lowest BCUT2D eigenvalue weighted by molar-refractivity contribution is 0.0628. The second kappa shape index (κ2) is 10.9. The van der Waals surface area contributed by atoms with Crippen molar-refractivity contribution in [1.82, 2.24) is 14.8 Å². The number of fused-ring (bicyclic) bond motifs is 1. The van der Waals surface area contributed by atoms with E-state index in [2.05, 4.69) is 14.6 Å². The predicted octanol–water partition coefficient (Wildman–Crippen LogP) is 4.03. The quantitative estimate of drug-likeness (QED) is 0.386. The van der Waals surface area contributed by atoms with E-state index in [0.717, 1.165) is 24.0 Å². The summed E-state index contributed by atoms with van der Waals surface area (Å²) < 4.78 is 16.0. The molecule has 2 N–H and O–H groups in total. The van der Waals surface area contributed by atoms with E-state index in [-0.39, 0.29) is 11.5 Å². The lowest BCUT2D eigenvalue weighted by Crippen LogP contribution is -2.48. The average molecular weight is 515 g/mol. The number of aromatic carboxylic acids is 1. The van der Waals surface area contributed by atoms with Crippen LogP contribution in [-0.2, 0) is 17.5 Å². The number of nitrogens with one attached hydrogen (secondary N) is 1. The first kappa shape index (κ1) is 24.6. The molecule has 188 valence electrons. The lowest BCUT2D eigenvalue weighted by atomic mass is 10.1. The molecule has 1 saturated heterocycles. The van der Waals surface area contributed by atoms with Crippen LogP contribution in [0.15, 0.2) is 90.0 Å². The van der Waals surface area contributed by atoms with E-state index in [1.165, 1.54) is 0 Å². The third-order valence-corrected chi connectivity index (χ3v) is 7.55. The molecule has 1 amide bonds. The Morgan fingerprint density at radius 2 is 1.54 bits per heavy atom. The number of carbonyl (C=O) groups is 2. The van der Waals surface area contributed by atoms with Gasteiger partial charge in [0.2, 0.25) is 0 Å². The van der Waals surface area contributed by atoms with Crippen LogP contribution in [0.2, 0.25) is 0 Å². The van der Waals surface area contributed by atoms with Gasteiger partial charge in [-0.1, -0.05) is 30.3 Å². The van der Waals surface area contributed by atoms with Crippen LogP contribution in [0.1, 0.15) is 26.3 Å². The van der Waals surface area contributed by atoms with Crippen LogP contribution in [0.3, 0.4) is 0 Å². The molecule has 0 saturated carbocycles. The number of aromatic nitrogens is 1. The van der Waals surface area contributed by atoms with Crippen molar-refractivity contribution in [2.24, 2.45) is 0 Å². The number of carboxylic acids is 1. The number of anilines is 1. The van der Waals surface area contributed by atoms with E-state index in [0.29, 0.717) is 41.3 Å². The molecule has 37 heavy (non-hydrogen) atoms. The number of rotatable bonds is 7. The number of pyridine rings is 1. The second-order valence-corrected chi connectivity index (χ2v) is 10.0. The van der Waals surface area contributed by atoms with Gasteiger partial charge in [-0.05, 0) is 54.1 Å². The van der Waals surface area contributed by atoms with Gasteiger partial charge in [0.1, 0.15) is 0 Å². The summed E-state index contributed by atoms with van der Waals surface area (Å²) in [6.45, 7) is 3.42. The van der Waals surface area contributed by atoms with Crippen molar-refractivity contribution < 1.29 is 18.9 Å². The highest BCUT2D eigenvalue weighted by Crippen LogP contribution is 2.21. The molecule has 0 radical (unpaired) electrons. The maximum atomic E-state index is 13.0. The summed E-state index contributed by atoms with van der Waals surface area (Å²) in [6.07, 6.45) is 1.68. The van der Waals surface area contributed by atoms with Gasteiger partial charge in [-0.15, -0.1) is 0 Å². The SMILES string of the molecule is O=C(O)c1ccc(CN2CCN(C(=O)c3ccc(NS(=O)c4cccc5cccnc45)cc3)CC2)cc1. The summed E-state index contributed by atoms with van der Waals surface area (Å²) in [5.74, 6) is -0.964. The van der Waals surface area contributed by atoms with E-state index in [1.807, 2.05) is 41.3 Å². The van der Waals surface area contributed by atoms with Gasteiger partial charge >= 0.3 is 5.97 Å². The molecule has 1 unspecified atom stereocenters. The Morgan fingerprint density at radius 3 is 2.24 bits per heavy atom. The minimum atomic E-state index is -1.50. The summed E-state index contributed by atoms with van der Waals surface area (Å²) in [4.78, 5) is 33.1. The summed E-state index contributed by atoms with van der Waals surface area (Å²) in [5.41, 5.74) is 3.25. The second-order valence-electron chi connectivity index (χ2n) is 8.85. The van der Waals surface area contributed by atoms with Crippen molar-refractivity contribution >= 4 is 39.5 Å². The van der Waals surface area contributed by atoms with Gasteiger partial charge in [-0.25, -0.2) is 9.00 Å². The summed E-state index contributed by atoms with van der Waals surface area (Å²) in [7, 11) is -1.50. The van der Waals surface area contributed by atoms with Crippen LogP contribution < -0.4 is 4.72 Å². The van der Waals surface area contributed by atoms with Crippen molar-refractivity contribution in [3.8, 4) is 0 Å². The van der Waals surface area contributed by atoms with Gasteiger partial charge in [0.25, 0.3) is 5.91 Å². The highest BCUT2D eigenvalue weighted by atomic mass is 32.2. The molecule has 1 aliphatic rings. The first-order valence-electron chi connectivity index (χ1n) is 11.9. The fourth-order valence-electron chi connectivity index (χ4n) is 4.37. The Hall–Kier alpha value is -4.08. The Bertz CT molecular complexity index is 1440. The lowest BCUT2D eigenvalue weighted by Gasteiger charge is -2.34. The molecule has 0 spiro atoms.